The van der Waals surface area contributed by atoms with Crippen LogP contribution in [-0.2, 0) is 6.42 Å². The third kappa shape index (κ3) is 4.17. The number of nitrogens with zero attached hydrogens (tertiary/aromatic N) is 4. The molecular formula is C17H14N6S2. The summed E-state index contributed by atoms with van der Waals surface area (Å²) in [6.07, 6.45) is 0.627. The van der Waals surface area contributed by atoms with Crippen molar-refractivity contribution < 1.29 is 0 Å². The Morgan fingerprint density at radius 2 is 1.04 bits per heavy atom. The lowest BCUT2D eigenvalue weighted by Gasteiger charge is -1.99. The molecule has 8 heteroatoms. The second-order valence-electron chi connectivity index (χ2n) is 5.16. The zero-order valence-corrected chi connectivity index (χ0v) is 14.7. The highest BCUT2D eigenvalue weighted by Gasteiger charge is 2.10. The number of benzene rings is 2. The maximum absolute atomic E-state index is 4.23. The van der Waals surface area contributed by atoms with E-state index in [1.165, 1.54) is 22.7 Å². The quantitative estimate of drug-likeness (QED) is 0.524. The van der Waals surface area contributed by atoms with E-state index >= 15 is 0 Å². The first-order chi connectivity index (χ1) is 12.3. The SMILES string of the molecule is c1ccc(Nc2nnc(Cc3nnc(Nc4ccccc4)s3)s2)cc1. The van der Waals surface area contributed by atoms with Crippen LogP contribution in [0.4, 0.5) is 21.6 Å². The standard InChI is InChI=1S/C17H14N6S2/c1-3-7-12(8-4-1)18-16-22-20-14(24-16)11-15-21-23-17(25-15)19-13-9-5-2-6-10-13/h1-10H,11H2,(H,18,22)(H,19,23). The van der Waals surface area contributed by atoms with Crippen molar-refractivity contribution >= 4 is 44.3 Å². The number of rotatable bonds is 6. The molecule has 0 saturated carbocycles. The number of para-hydroxylation sites is 2. The minimum atomic E-state index is 0.627. The summed E-state index contributed by atoms with van der Waals surface area (Å²) in [6.45, 7) is 0. The maximum atomic E-state index is 4.23. The van der Waals surface area contributed by atoms with Gasteiger partial charge in [-0.05, 0) is 24.3 Å². The molecule has 2 heterocycles. The van der Waals surface area contributed by atoms with Crippen LogP contribution in [0.1, 0.15) is 10.0 Å². The highest BCUT2D eigenvalue weighted by Crippen LogP contribution is 2.25. The van der Waals surface area contributed by atoms with Crippen LogP contribution in [0.15, 0.2) is 60.7 Å². The molecule has 0 atom stereocenters. The Hall–Kier alpha value is -2.84. The topological polar surface area (TPSA) is 75.6 Å². The molecule has 4 aromatic rings. The fraction of sp³-hybridized carbons (Fsp3) is 0.0588. The number of anilines is 4. The first-order valence-corrected chi connectivity index (χ1v) is 9.27. The van der Waals surface area contributed by atoms with Gasteiger partial charge in [0.05, 0.1) is 6.42 Å². The lowest BCUT2D eigenvalue weighted by atomic mass is 10.3. The molecule has 25 heavy (non-hydrogen) atoms. The third-order valence-corrected chi connectivity index (χ3v) is 4.96. The van der Waals surface area contributed by atoms with Crippen molar-refractivity contribution in [1.29, 1.82) is 0 Å². The Morgan fingerprint density at radius 1 is 0.600 bits per heavy atom. The summed E-state index contributed by atoms with van der Waals surface area (Å²) < 4.78 is 0. The molecule has 0 aliphatic heterocycles. The number of aromatic nitrogens is 4. The van der Waals surface area contributed by atoms with E-state index in [0.717, 1.165) is 31.7 Å². The normalized spacial score (nSPS) is 10.6. The highest BCUT2D eigenvalue weighted by molar-refractivity contribution is 7.16. The van der Waals surface area contributed by atoms with Crippen LogP contribution in [0.3, 0.4) is 0 Å². The summed E-state index contributed by atoms with van der Waals surface area (Å²) in [4.78, 5) is 0. The Bertz CT molecular complexity index is 858. The van der Waals surface area contributed by atoms with Crippen LogP contribution >= 0.6 is 22.7 Å². The molecule has 0 saturated heterocycles. The number of nitrogens with one attached hydrogen (secondary N) is 2. The smallest absolute Gasteiger partial charge is 0.210 e. The van der Waals surface area contributed by atoms with Crippen molar-refractivity contribution in [3.05, 3.63) is 70.7 Å². The van der Waals surface area contributed by atoms with E-state index in [0.29, 0.717) is 6.42 Å². The van der Waals surface area contributed by atoms with Crippen molar-refractivity contribution in [2.24, 2.45) is 0 Å². The van der Waals surface area contributed by atoms with E-state index in [4.69, 9.17) is 0 Å². The molecule has 0 aliphatic carbocycles. The second kappa shape index (κ2) is 7.37. The fourth-order valence-corrected chi connectivity index (χ4v) is 3.79. The van der Waals surface area contributed by atoms with Crippen molar-refractivity contribution in [2.45, 2.75) is 6.42 Å². The molecule has 0 spiro atoms. The summed E-state index contributed by atoms with van der Waals surface area (Å²) in [6, 6.07) is 19.8. The zero-order chi connectivity index (χ0) is 16.9. The predicted octanol–water partition coefficient (Wildman–Crippen LogP) is 4.47. The number of hydrogen-bond donors (Lipinski definition) is 2. The summed E-state index contributed by atoms with van der Waals surface area (Å²) >= 11 is 3.04. The first kappa shape index (κ1) is 15.7. The minimum absolute atomic E-state index is 0.627. The molecule has 0 amide bonds. The van der Waals surface area contributed by atoms with Crippen LogP contribution in [0.2, 0.25) is 0 Å². The van der Waals surface area contributed by atoms with Crippen LogP contribution in [0.25, 0.3) is 0 Å². The molecule has 2 aromatic carbocycles. The van der Waals surface area contributed by atoms with Gasteiger partial charge in [-0.15, -0.1) is 20.4 Å². The van der Waals surface area contributed by atoms with Crippen molar-refractivity contribution in [2.75, 3.05) is 10.6 Å². The summed E-state index contributed by atoms with van der Waals surface area (Å²) in [5.74, 6) is 0. The van der Waals surface area contributed by atoms with Gasteiger partial charge < -0.3 is 10.6 Å². The van der Waals surface area contributed by atoms with E-state index < -0.39 is 0 Å². The average molecular weight is 366 g/mol. The predicted molar refractivity (Wildman–Crippen MR) is 102 cm³/mol. The second-order valence-corrected chi connectivity index (χ2v) is 7.28. The molecule has 0 aliphatic rings. The van der Waals surface area contributed by atoms with Crippen LogP contribution < -0.4 is 10.6 Å². The van der Waals surface area contributed by atoms with E-state index in [2.05, 4.69) is 31.0 Å². The zero-order valence-electron chi connectivity index (χ0n) is 13.1. The van der Waals surface area contributed by atoms with Crippen molar-refractivity contribution in [3.8, 4) is 0 Å². The highest BCUT2D eigenvalue weighted by atomic mass is 32.1. The van der Waals surface area contributed by atoms with Gasteiger partial charge in [-0.2, -0.15) is 0 Å². The lowest BCUT2D eigenvalue weighted by molar-refractivity contribution is 0.961. The Morgan fingerprint density at radius 3 is 1.48 bits per heavy atom. The fourth-order valence-electron chi connectivity index (χ4n) is 2.17. The van der Waals surface area contributed by atoms with E-state index in [9.17, 15) is 0 Å². The van der Waals surface area contributed by atoms with E-state index in [1.54, 1.807) is 0 Å². The van der Waals surface area contributed by atoms with Crippen molar-refractivity contribution in [1.82, 2.24) is 20.4 Å². The Labute approximate surface area is 152 Å². The molecule has 0 bridgehead atoms. The van der Waals surface area contributed by atoms with Gasteiger partial charge in [-0.1, -0.05) is 59.1 Å². The lowest BCUT2D eigenvalue weighted by Crippen LogP contribution is -1.88. The van der Waals surface area contributed by atoms with Gasteiger partial charge in [-0.3, -0.25) is 0 Å². The summed E-state index contributed by atoms with van der Waals surface area (Å²) in [5, 5.41) is 26.7. The van der Waals surface area contributed by atoms with Gasteiger partial charge in [0, 0.05) is 11.4 Å². The van der Waals surface area contributed by atoms with Crippen LogP contribution in [-0.4, -0.2) is 20.4 Å². The molecule has 0 fully saturated rings. The van der Waals surface area contributed by atoms with Gasteiger partial charge in [0.2, 0.25) is 10.3 Å². The maximum Gasteiger partial charge on any atom is 0.210 e. The van der Waals surface area contributed by atoms with Crippen LogP contribution in [0.5, 0.6) is 0 Å². The number of hydrogen-bond acceptors (Lipinski definition) is 8. The van der Waals surface area contributed by atoms with Gasteiger partial charge >= 0.3 is 0 Å². The van der Waals surface area contributed by atoms with Gasteiger partial charge in [0.25, 0.3) is 0 Å². The van der Waals surface area contributed by atoms with Gasteiger partial charge in [0.1, 0.15) is 10.0 Å². The van der Waals surface area contributed by atoms with Gasteiger partial charge in [-0.25, -0.2) is 0 Å². The van der Waals surface area contributed by atoms with Gasteiger partial charge in [0.15, 0.2) is 0 Å². The Balaban J connectivity index is 1.39. The molecule has 6 nitrogen and oxygen atoms in total. The molecule has 2 N–H and O–H groups in total. The molecular weight excluding hydrogens is 352 g/mol. The molecule has 0 unspecified atom stereocenters. The van der Waals surface area contributed by atoms with Crippen LogP contribution in [0, 0.1) is 0 Å². The molecule has 4 rings (SSSR count). The Kier molecular flexibility index (Phi) is 4.62. The van der Waals surface area contributed by atoms with Crippen molar-refractivity contribution in [3.63, 3.8) is 0 Å². The summed E-state index contributed by atoms with van der Waals surface area (Å²) in [5.41, 5.74) is 1.99. The molecule has 2 aromatic heterocycles. The minimum Gasteiger partial charge on any atom is -0.330 e. The molecule has 124 valence electrons. The van der Waals surface area contributed by atoms with E-state index in [1.807, 2.05) is 60.7 Å². The van der Waals surface area contributed by atoms with E-state index in [-0.39, 0.29) is 0 Å². The third-order valence-electron chi connectivity index (χ3n) is 3.29. The summed E-state index contributed by atoms with van der Waals surface area (Å²) in [7, 11) is 0. The molecule has 0 radical (unpaired) electrons. The largest absolute Gasteiger partial charge is 0.330 e. The average Bonchev–Trinajstić information content (AvgIpc) is 3.27. The first-order valence-electron chi connectivity index (χ1n) is 7.64. The monoisotopic (exact) mass is 366 g/mol.